The number of benzene rings is 1. The van der Waals surface area contributed by atoms with Crippen molar-refractivity contribution in [3.8, 4) is 11.8 Å². The zero-order valence-corrected chi connectivity index (χ0v) is 10.9. The van der Waals surface area contributed by atoms with Crippen molar-refractivity contribution >= 4 is 0 Å². The third-order valence-electron chi connectivity index (χ3n) is 3.51. The molecule has 3 nitrogen and oxygen atoms in total. The van der Waals surface area contributed by atoms with Gasteiger partial charge in [-0.15, -0.1) is 0 Å². The molecule has 1 aliphatic heterocycles. The normalized spacial score (nSPS) is 19.7. The summed E-state index contributed by atoms with van der Waals surface area (Å²) in [5.41, 5.74) is 0.653. The molecule has 0 amide bonds. The van der Waals surface area contributed by atoms with Crippen molar-refractivity contribution < 1.29 is 4.74 Å². The predicted molar refractivity (Wildman–Crippen MR) is 71.5 cm³/mol. The minimum absolute atomic E-state index is 0.653. The molecule has 0 spiro atoms. The number of nitrogens with zero attached hydrogens (tertiary/aromatic N) is 2. The van der Waals surface area contributed by atoms with Gasteiger partial charge in [-0.2, -0.15) is 5.26 Å². The molecular formula is C15H20N2O. The summed E-state index contributed by atoms with van der Waals surface area (Å²) in [5, 5.41) is 8.79. The van der Waals surface area contributed by atoms with Crippen molar-refractivity contribution in [2.45, 2.75) is 32.2 Å². The van der Waals surface area contributed by atoms with Crippen molar-refractivity contribution in [3.63, 3.8) is 0 Å². The molecule has 3 heteroatoms. The van der Waals surface area contributed by atoms with Crippen LogP contribution in [0.3, 0.4) is 0 Å². The fourth-order valence-corrected chi connectivity index (χ4v) is 2.44. The lowest BCUT2D eigenvalue weighted by molar-refractivity contribution is 0.230. The van der Waals surface area contributed by atoms with E-state index >= 15 is 0 Å². The second-order valence-corrected chi connectivity index (χ2v) is 4.87. The van der Waals surface area contributed by atoms with Crippen LogP contribution in [0.5, 0.6) is 5.75 Å². The molecule has 1 heterocycles. The molecule has 1 atom stereocenters. The van der Waals surface area contributed by atoms with Gasteiger partial charge in [0.15, 0.2) is 0 Å². The highest BCUT2D eigenvalue weighted by molar-refractivity contribution is 5.36. The quantitative estimate of drug-likeness (QED) is 0.747. The predicted octanol–water partition coefficient (Wildman–Crippen LogP) is 2.81. The van der Waals surface area contributed by atoms with E-state index in [2.05, 4.69) is 17.9 Å². The molecule has 1 aromatic carbocycles. The summed E-state index contributed by atoms with van der Waals surface area (Å²) < 4.78 is 5.67. The summed E-state index contributed by atoms with van der Waals surface area (Å²) in [4.78, 5) is 2.52. The van der Waals surface area contributed by atoms with E-state index in [9.17, 15) is 0 Å². The van der Waals surface area contributed by atoms with Crippen LogP contribution in [0.25, 0.3) is 0 Å². The van der Waals surface area contributed by atoms with Gasteiger partial charge in [0.2, 0.25) is 0 Å². The van der Waals surface area contributed by atoms with Crippen LogP contribution in [0, 0.1) is 11.3 Å². The topological polar surface area (TPSA) is 36.3 Å². The molecule has 1 unspecified atom stereocenters. The SMILES string of the molecule is CC1CCCN1CCCOc1cccc(C#N)c1. The lowest BCUT2D eigenvalue weighted by atomic mass is 10.2. The Morgan fingerprint density at radius 1 is 1.50 bits per heavy atom. The van der Waals surface area contributed by atoms with Gasteiger partial charge in [-0.3, -0.25) is 0 Å². The average Bonchev–Trinajstić information content (AvgIpc) is 2.81. The van der Waals surface area contributed by atoms with Gasteiger partial charge >= 0.3 is 0 Å². The molecule has 1 aliphatic rings. The van der Waals surface area contributed by atoms with Crippen LogP contribution in [0.4, 0.5) is 0 Å². The van der Waals surface area contributed by atoms with Crippen molar-refractivity contribution in [2.24, 2.45) is 0 Å². The van der Waals surface area contributed by atoms with E-state index in [4.69, 9.17) is 10.00 Å². The van der Waals surface area contributed by atoms with Crippen LogP contribution in [-0.4, -0.2) is 30.6 Å². The van der Waals surface area contributed by atoms with E-state index in [0.717, 1.165) is 31.4 Å². The van der Waals surface area contributed by atoms with Crippen LogP contribution >= 0.6 is 0 Å². The van der Waals surface area contributed by atoms with E-state index in [1.54, 1.807) is 12.1 Å². The molecule has 1 saturated heterocycles. The maximum Gasteiger partial charge on any atom is 0.120 e. The van der Waals surface area contributed by atoms with Crippen LogP contribution in [0.2, 0.25) is 0 Å². The summed E-state index contributed by atoms with van der Waals surface area (Å²) in [6.45, 7) is 5.35. The number of rotatable bonds is 5. The first kappa shape index (κ1) is 12.9. The van der Waals surface area contributed by atoms with E-state index in [1.807, 2.05) is 12.1 Å². The number of likely N-dealkylation sites (tertiary alicyclic amines) is 1. The first-order chi connectivity index (χ1) is 8.79. The number of nitriles is 1. The van der Waals surface area contributed by atoms with Crippen LogP contribution in [0.15, 0.2) is 24.3 Å². The van der Waals surface area contributed by atoms with Gasteiger partial charge in [-0.1, -0.05) is 6.07 Å². The van der Waals surface area contributed by atoms with Crippen molar-refractivity contribution in [2.75, 3.05) is 19.7 Å². The van der Waals surface area contributed by atoms with Gasteiger partial charge in [0.05, 0.1) is 18.2 Å². The Bertz CT molecular complexity index is 425. The average molecular weight is 244 g/mol. The van der Waals surface area contributed by atoms with Gasteiger partial charge in [-0.25, -0.2) is 0 Å². The summed E-state index contributed by atoms with van der Waals surface area (Å²) in [5.74, 6) is 0.795. The minimum atomic E-state index is 0.653. The van der Waals surface area contributed by atoms with Crippen LogP contribution < -0.4 is 4.74 Å². The molecule has 1 fully saturated rings. The van der Waals surface area contributed by atoms with E-state index in [-0.39, 0.29) is 0 Å². The molecule has 0 saturated carbocycles. The standard InChI is InChI=1S/C15H20N2O/c1-13-5-3-8-17(13)9-4-10-18-15-7-2-6-14(11-15)12-16/h2,6-7,11,13H,3-5,8-10H2,1H3. The second kappa shape index (κ2) is 6.42. The van der Waals surface area contributed by atoms with Crippen LogP contribution in [-0.2, 0) is 0 Å². The number of hydrogen-bond acceptors (Lipinski definition) is 3. The Balaban J connectivity index is 1.70. The molecule has 96 valence electrons. The van der Waals surface area contributed by atoms with Crippen molar-refractivity contribution in [1.82, 2.24) is 4.90 Å². The molecule has 0 radical (unpaired) electrons. The zero-order valence-electron chi connectivity index (χ0n) is 10.9. The fraction of sp³-hybridized carbons (Fsp3) is 0.533. The highest BCUT2D eigenvalue weighted by atomic mass is 16.5. The molecule has 0 bridgehead atoms. The first-order valence-electron chi connectivity index (χ1n) is 6.66. The highest BCUT2D eigenvalue weighted by Crippen LogP contribution is 2.17. The number of ether oxygens (including phenoxy) is 1. The maximum atomic E-state index is 8.79. The molecule has 18 heavy (non-hydrogen) atoms. The monoisotopic (exact) mass is 244 g/mol. The van der Waals surface area contributed by atoms with Crippen LogP contribution in [0.1, 0.15) is 31.7 Å². The summed E-state index contributed by atoms with van der Waals surface area (Å²) in [6, 6.07) is 10.2. The first-order valence-corrected chi connectivity index (χ1v) is 6.66. The van der Waals surface area contributed by atoms with E-state index < -0.39 is 0 Å². The van der Waals surface area contributed by atoms with E-state index in [1.165, 1.54) is 19.4 Å². The highest BCUT2D eigenvalue weighted by Gasteiger charge is 2.18. The maximum absolute atomic E-state index is 8.79. The second-order valence-electron chi connectivity index (χ2n) is 4.87. The van der Waals surface area contributed by atoms with Gasteiger partial charge in [0, 0.05) is 12.6 Å². The molecule has 0 N–H and O–H groups in total. The van der Waals surface area contributed by atoms with Gasteiger partial charge in [-0.05, 0) is 50.9 Å². The molecular weight excluding hydrogens is 224 g/mol. The Morgan fingerprint density at radius 3 is 3.11 bits per heavy atom. The molecule has 2 rings (SSSR count). The summed E-state index contributed by atoms with van der Waals surface area (Å²) in [6.07, 6.45) is 3.69. The molecule has 0 aromatic heterocycles. The van der Waals surface area contributed by atoms with Gasteiger partial charge in [0.25, 0.3) is 0 Å². The lowest BCUT2D eigenvalue weighted by Crippen LogP contribution is -2.28. The smallest absolute Gasteiger partial charge is 0.120 e. The molecule has 1 aromatic rings. The largest absolute Gasteiger partial charge is 0.494 e. The Labute approximate surface area is 109 Å². The lowest BCUT2D eigenvalue weighted by Gasteiger charge is -2.20. The Hall–Kier alpha value is -1.53. The summed E-state index contributed by atoms with van der Waals surface area (Å²) >= 11 is 0. The fourth-order valence-electron chi connectivity index (χ4n) is 2.44. The van der Waals surface area contributed by atoms with Crippen molar-refractivity contribution in [3.05, 3.63) is 29.8 Å². The summed E-state index contributed by atoms with van der Waals surface area (Å²) in [7, 11) is 0. The zero-order chi connectivity index (χ0) is 12.8. The Kier molecular flexibility index (Phi) is 4.60. The third kappa shape index (κ3) is 3.48. The van der Waals surface area contributed by atoms with E-state index in [0.29, 0.717) is 5.56 Å². The molecule has 0 aliphatic carbocycles. The third-order valence-corrected chi connectivity index (χ3v) is 3.51. The minimum Gasteiger partial charge on any atom is -0.494 e. The Morgan fingerprint density at radius 2 is 2.39 bits per heavy atom. The number of hydrogen-bond donors (Lipinski definition) is 0. The van der Waals surface area contributed by atoms with Crippen molar-refractivity contribution in [1.29, 1.82) is 5.26 Å². The van der Waals surface area contributed by atoms with Gasteiger partial charge in [0.1, 0.15) is 5.75 Å². The van der Waals surface area contributed by atoms with Gasteiger partial charge < -0.3 is 9.64 Å².